The van der Waals surface area contributed by atoms with Crippen molar-refractivity contribution >= 4 is 0 Å². The van der Waals surface area contributed by atoms with Gasteiger partial charge in [-0.25, -0.2) is 0 Å². The van der Waals surface area contributed by atoms with Gasteiger partial charge in [0.25, 0.3) is 0 Å². The van der Waals surface area contributed by atoms with Crippen LogP contribution in [0.4, 0.5) is 0 Å². The number of piperidine rings is 1. The van der Waals surface area contributed by atoms with E-state index in [0.29, 0.717) is 12.1 Å². The van der Waals surface area contributed by atoms with Crippen LogP contribution in [-0.2, 0) is 9.47 Å². The maximum absolute atomic E-state index is 5.52. The van der Waals surface area contributed by atoms with Crippen LogP contribution in [0.1, 0.15) is 26.2 Å². The van der Waals surface area contributed by atoms with Gasteiger partial charge in [0.2, 0.25) is 0 Å². The number of rotatable bonds is 8. The molecule has 0 spiro atoms. The third-order valence-electron chi connectivity index (χ3n) is 3.52. The van der Waals surface area contributed by atoms with Gasteiger partial charge in [-0.05, 0) is 39.8 Å². The fraction of sp³-hybridized carbons (Fsp3) is 1.00. The number of nitrogens with one attached hydrogen (secondary N) is 1. The van der Waals surface area contributed by atoms with Crippen LogP contribution in [0.15, 0.2) is 0 Å². The third kappa shape index (κ3) is 6.36. The van der Waals surface area contributed by atoms with Crippen molar-refractivity contribution in [1.82, 2.24) is 10.2 Å². The Hall–Kier alpha value is -0.160. The fourth-order valence-electron chi connectivity index (χ4n) is 2.22. The highest BCUT2D eigenvalue weighted by atomic mass is 16.5. The van der Waals surface area contributed by atoms with Gasteiger partial charge < -0.3 is 19.7 Å². The number of hydrogen-bond donors (Lipinski definition) is 1. The lowest BCUT2D eigenvalue weighted by Gasteiger charge is -2.35. The van der Waals surface area contributed by atoms with Gasteiger partial charge >= 0.3 is 0 Å². The minimum absolute atomic E-state index is 0.670. The van der Waals surface area contributed by atoms with Gasteiger partial charge in [-0.15, -0.1) is 0 Å². The lowest BCUT2D eigenvalue weighted by atomic mass is 9.99. The molecular formula is C13H28N2O2. The molecule has 1 saturated heterocycles. The van der Waals surface area contributed by atoms with E-state index in [-0.39, 0.29) is 0 Å². The van der Waals surface area contributed by atoms with Gasteiger partial charge in [0, 0.05) is 39.0 Å². The van der Waals surface area contributed by atoms with E-state index in [1.165, 1.54) is 19.4 Å². The van der Waals surface area contributed by atoms with Crippen molar-refractivity contribution in [3.63, 3.8) is 0 Å². The van der Waals surface area contributed by atoms with E-state index in [1.54, 1.807) is 7.11 Å². The summed E-state index contributed by atoms with van der Waals surface area (Å²) >= 11 is 0. The Labute approximate surface area is 106 Å². The molecule has 0 saturated carbocycles. The van der Waals surface area contributed by atoms with Crippen LogP contribution in [0.2, 0.25) is 0 Å². The Morgan fingerprint density at radius 2 is 2.12 bits per heavy atom. The zero-order valence-electron chi connectivity index (χ0n) is 11.6. The first-order valence-electron chi connectivity index (χ1n) is 6.74. The maximum Gasteiger partial charge on any atom is 0.0591 e. The zero-order valence-corrected chi connectivity index (χ0v) is 11.6. The second-order valence-corrected chi connectivity index (χ2v) is 4.96. The lowest BCUT2D eigenvalue weighted by Crippen LogP contribution is -2.46. The Balaban J connectivity index is 1.92. The molecule has 1 aliphatic rings. The Morgan fingerprint density at radius 1 is 1.29 bits per heavy atom. The first kappa shape index (κ1) is 14.9. The molecule has 4 heteroatoms. The molecule has 4 nitrogen and oxygen atoms in total. The minimum atomic E-state index is 0.670. The van der Waals surface area contributed by atoms with E-state index in [0.717, 1.165) is 32.8 Å². The molecule has 1 fully saturated rings. The number of nitrogens with zero attached hydrogens (tertiary/aromatic N) is 1. The highest BCUT2D eigenvalue weighted by Crippen LogP contribution is 2.14. The summed E-state index contributed by atoms with van der Waals surface area (Å²) in [6.07, 6.45) is 3.49. The van der Waals surface area contributed by atoms with E-state index < -0.39 is 0 Å². The highest BCUT2D eigenvalue weighted by Gasteiger charge is 2.21. The van der Waals surface area contributed by atoms with Crippen molar-refractivity contribution in [1.29, 1.82) is 0 Å². The summed E-state index contributed by atoms with van der Waals surface area (Å²) in [4.78, 5) is 2.43. The number of hydrogen-bond acceptors (Lipinski definition) is 4. The van der Waals surface area contributed by atoms with Crippen molar-refractivity contribution in [2.24, 2.45) is 0 Å². The van der Waals surface area contributed by atoms with Gasteiger partial charge in [-0.1, -0.05) is 0 Å². The Kier molecular flexibility index (Phi) is 7.77. The molecule has 1 heterocycles. The molecule has 2 unspecified atom stereocenters. The van der Waals surface area contributed by atoms with Gasteiger partial charge in [-0.3, -0.25) is 0 Å². The van der Waals surface area contributed by atoms with Gasteiger partial charge in [0.1, 0.15) is 0 Å². The molecule has 102 valence electrons. The van der Waals surface area contributed by atoms with E-state index in [2.05, 4.69) is 24.2 Å². The van der Waals surface area contributed by atoms with E-state index in [4.69, 9.17) is 9.47 Å². The Bertz CT molecular complexity index is 190. The largest absolute Gasteiger partial charge is 0.385 e. The van der Waals surface area contributed by atoms with Crippen LogP contribution >= 0.6 is 0 Å². The summed E-state index contributed by atoms with van der Waals surface area (Å²) in [7, 11) is 3.93. The lowest BCUT2D eigenvalue weighted by molar-refractivity contribution is 0.0988. The molecule has 0 aromatic heterocycles. The minimum Gasteiger partial charge on any atom is -0.385 e. The van der Waals surface area contributed by atoms with Crippen molar-refractivity contribution in [3.05, 3.63) is 0 Å². The van der Waals surface area contributed by atoms with Gasteiger partial charge in [0.05, 0.1) is 6.61 Å². The topological polar surface area (TPSA) is 33.7 Å². The fourth-order valence-corrected chi connectivity index (χ4v) is 2.22. The standard InChI is InChI=1S/C13H28N2O2/c1-12-11-13(5-7-15(12)2)14-6-10-17-9-4-8-16-3/h12-14H,4-11H2,1-3H3. The van der Waals surface area contributed by atoms with Crippen LogP contribution in [0, 0.1) is 0 Å². The van der Waals surface area contributed by atoms with Crippen molar-refractivity contribution in [3.8, 4) is 0 Å². The van der Waals surface area contributed by atoms with Crippen molar-refractivity contribution in [2.75, 3.05) is 47.1 Å². The molecule has 1 aliphatic heterocycles. The smallest absolute Gasteiger partial charge is 0.0591 e. The number of ether oxygens (including phenoxy) is 2. The molecule has 1 N–H and O–H groups in total. The quantitative estimate of drug-likeness (QED) is 0.649. The molecule has 1 rings (SSSR count). The van der Waals surface area contributed by atoms with Gasteiger partial charge in [0.15, 0.2) is 0 Å². The Morgan fingerprint density at radius 3 is 2.82 bits per heavy atom. The van der Waals surface area contributed by atoms with E-state index >= 15 is 0 Å². The van der Waals surface area contributed by atoms with Gasteiger partial charge in [-0.2, -0.15) is 0 Å². The normalized spacial score (nSPS) is 26.3. The van der Waals surface area contributed by atoms with E-state index in [1.807, 2.05) is 0 Å². The molecule has 0 bridgehead atoms. The van der Waals surface area contributed by atoms with Crippen LogP contribution in [0.3, 0.4) is 0 Å². The van der Waals surface area contributed by atoms with Crippen molar-refractivity contribution in [2.45, 2.75) is 38.3 Å². The van der Waals surface area contributed by atoms with Crippen LogP contribution in [0.25, 0.3) is 0 Å². The average molecular weight is 244 g/mol. The third-order valence-corrected chi connectivity index (χ3v) is 3.52. The molecule has 2 atom stereocenters. The van der Waals surface area contributed by atoms with Crippen LogP contribution in [0.5, 0.6) is 0 Å². The molecule has 0 aromatic rings. The summed E-state index contributed by atoms with van der Waals surface area (Å²) < 4.78 is 10.5. The van der Waals surface area contributed by atoms with E-state index in [9.17, 15) is 0 Å². The molecular weight excluding hydrogens is 216 g/mol. The summed E-state index contributed by atoms with van der Waals surface area (Å²) in [5, 5.41) is 3.58. The predicted molar refractivity (Wildman–Crippen MR) is 70.4 cm³/mol. The number of likely N-dealkylation sites (tertiary alicyclic amines) is 1. The predicted octanol–water partition coefficient (Wildman–Crippen LogP) is 1.11. The number of methoxy groups -OCH3 is 1. The molecule has 0 amide bonds. The zero-order chi connectivity index (χ0) is 12.5. The second kappa shape index (κ2) is 8.86. The summed E-state index contributed by atoms with van der Waals surface area (Å²) in [5.74, 6) is 0. The van der Waals surface area contributed by atoms with Crippen LogP contribution < -0.4 is 5.32 Å². The molecule has 17 heavy (non-hydrogen) atoms. The first-order chi connectivity index (χ1) is 8.24. The van der Waals surface area contributed by atoms with Crippen LogP contribution in [-0.4, -0.2) is 64.1 Å². The first-order valence-corrected chi connectivity index (χ1v) is 6.74. The highest BCUT2D eigenvalue weighted by molar-refractivity contribution is 4.80. The molecule has 0 radical (unpaired) electrons. The monoisotopic (exact) mass is 244 g/mol. The average Bonchev–Trinajstić information content (AvgIpc) is 2.32. The van der Waals surface area contributed by atoms with Crippen molar-refractivity contribution < 1.29 is 9.47 Å². The second-order valence-electron chi connectivity index (χ2n) is 4.96. The molecule has 0 aromatic carbocycles. The maximum atomic E-state index is 5.52. The summed E-state index contributed by atoms with van der Waals surface area (Å²) in [5.41, 5.74) is 0. The SMILES string of the molecule is COCCCOCCNC1CCN(C)C(C)C1. The summed E-state index contributed by atoms with van der Waals surface area (Å²) in [6, 6.07) is 1.37. The summed E-state index contributed by atoms with van der Waals surface area (Å²) in [6.45, 7) is 6.88. The molecule has 0 aliphatic carbocycles.